The summed E-state index contributed by atoms with van der Waals surface area (Å²) in [7, 11) is 1.05. The first-order valence-corrected chi connectivity index (χ1v) is 38.1. The predicted octanol–water partition coefficient (Wildman–Crippen LogP) is 15.3. The molecule has 4 nitrogen and oxygen atoms in total. The number of halogens is 5. The Bertz CT molecular complexity index is 798. The van der Waals surface area contributed by atoms with Gasteiger partial charge in [0.2, 0.25) is 14.1 Å². The lowest BCUT2D eigenvalue weighted by Gasteiger charge is -2.36. The van der Waals surface area contributed by atoms with Gasteiger partial charge < -0.3 is 17.7 Å². The molecule has 0 N–H and O–H groups in total. The third kappa shape index (κ3) is 24.0. The molecule has 0 radical (unpaired) electrons. The lowest BCUT2D eigenvalue weighted by atomic mass is 9.91. The zero-order valence-electron chi connectivity index (χ0n) is 34.7. The summed E-state index contributed by atoms with van der Waals surface area (Å²) in [6.07, 6.45) is 27.6. The Hall–Kier alpha value is 2.37. The second-order valence-electron chi connectivity index (χ2n) is 16.1. The van der Waals surface area contributed by atoms with Crippen LogP contribution < -0.4 is 0 Å². The predicted molar refractivity (Wildman–Crippen MR) is 244 cm³/mol. The minimum Gasteiger partial charge on any atom is -0.398 e. The largest absolute Gasteiger partial charge is 0.398 e. The zero-order chi connectivity index (χ0) is 39.0. The van der Waals surface area contributed by atoms with Gasteiger partial charge in [-0.2, -0.15) is 33.2 Å². The maximum absolute atomic E-state index is 6.35. The van der Waals surface area contributed by atoms with Gasteiger partial charge in [-0.15, -0.1) is 22.2 Å². The van der Waals surface area contributed by atoms with Crippen LogP contribution in [-0.2, 0) is 17.7 Å². The molecular weight excluding hydrogens is 826 g/mol. The van der Waals surface area contributed by atoms with Crippen molar-refractivity contribution in [1.82, 2.24) is 0 Å². The Balaban J connectivity index is 0.000000624. The fourth-order valence-corrected chi connectivity index (χ4v) is 18.5. The molecule has 0 unspecified atom stereocenters. The van der Waals surface area contributed by atoms with Crippen LogP contribution in [0, 0.1) is 5.92 Å². The van der Waals surface area contributed by atoms with Crippen LogP contribution in [0.5, 0.6) is 0 Å². The molecule has 14 heteroatoms. The minimum absolute atomic E-state index is 0.723. The molecule has 4 saturated carbocycles. The average molecular weight is 908 g/mol. The second kappa shape index (κ2) is 29.6. The van der Waals surface area contributed by atoms with Gasteiger partial charge >= 0.3 is 17.1 Å². The number of hydrogen-bond acceptors (Lipinski definition) is 4. The molecule has 4 aliphatic carbocycles. The van der Waals surface area contributed by atoms with Crippen LogP contribution in [-0.4, -0.2) is 67.1 Å². The van der Waals surface area contributed by atoms with Gasteiger partial charge in [0.25, 0.3) is 0 Å². The van der Waals surface area contributed by atoms with E-state index in [4.69, 9.17) is 73.1 Å². The molecule has 0 bridgehead atoms. The molecule has 0 saturated heterocycles. The Morgan fingerprint density at radius 2 is 0.824 bits per heavy atom. The van der Waals surface area contributed by atoms with E-state index in [-0.39, 0.29) is 0 Å². The van der Waals surface area contributed by atoms with Crippen LogP contribution in [0.4, 0.5) is 0 Å². The molecule has 4 aliphatic rings. The van der Waals surface area contributed by atoms with Crippen LogP contribution in [0.25, 0.3) is 0 Å². The summed E-state index contributed by atoms with van der Waals surface area (Å²) in [5.41, 5.74) is 2.37. The summed E-state index contributed by atoms with van der Waals surface area (Å²) in [6.45, 7) is 11.2. The van der Waals surface area contributed by atoms with Crippen LogP contribution in [0.2, 0.25) is 60.9 Å². The average Bonchev–Trinajstić information content (AvgIpc) is 3.14. The topological polar surface area (TPSA) is 36.9 Å². The monoisotopic (exact) mass is 904 g/mol. The van der Waals surface area contributed by atoms with E-state index in [1.54, 1.807) is 14.2 Å². The zero-order valence-corrected chi connectivity index (χ0v) is 43.6. The van der Waals surface area contributed by atoms with E-state index in [2.05, 4.69) is 26.6 Å². The lowest BCUT2D eigenvalue weighted by molar-refractivity contribution is 0.218. The Morgan fingerprint density at radius 3 is 1.08 bits per heavy atom. The summed E-state index contributed by atoms with van der Waals surface area (Å²) in [5.74, 6) is 0.875. The van der Waals surface area contributed by atoms with E-state index < -0.39 is 38.6 Å². The molecule has 51 heavy (non-hydrogen) atoms. The van der Waals surface area contributed by atoms with Crippen molar-refractivity contribution in [3.05, 3.63) is 0 Å². The molecular formula is C37H81Cl5O4Si5. The highest BCUT2D eigenvalue weighted by Gasteiger charge is 2.43. The SMILES string of the molecule is CC[Si](C)(Cl)Cl.CC[Si](OC)(OC)C1CCCCC1.CO[Si](C)(OC)C1CCCCC1.C[Si](C)(Cl)C1CCCCC1.Cl[SiH](Cl)CC1CCCCC1. The fraction of sp³-hybridized carbons (Fsp3) is 1.00. The quantitative estimate of drug-likeness (QED) is 0.153. The van der Waals surface area contributed by atoms with Crippen molar-refractivity contribution in [2.24, 2.45) is 5.92 Å². The van der Waals surface area contributed by atoms with E-state index in [1.165, 1.54) is 128 Å². The summed E-state index contributed by atoms with van der Waals surface area (Å²) in [6, 6.07) is 3.17. The molecule has 0 aromatic rings. The molecule has 4 fully saturated rings. The fourth-order valence-electron chi connectivity index (χ4n) is 8.04. The molecule has 0 spiro atoms. The smallest absolute Gasteiger partial charge is 0.340 e. The Labute approximate surface area is 346 Å². The normalized spacial score (nSPS) is 20.5. The highest BCUT2D eigenvalue weighted by Crippen LogP contribution is 2.40. The van der Waals surface area contributed by atoms with Crippen LogP contribution >= 0.6 is 55.4 Å². The Morgan fingerprint density at radius 1 is 0.490 bits per heavy atom. The van der Waals surface area contributed by atoms with E-state index in [9.17, 15) is 0 Å². The van der Waals surface area contributed by atoms with Gasteiger partial charge in [-0.25, -0.2) is 0 Å². The standard InChI is InChI=1S/C10H22O2Si.C9H20O2Si.C8H17ClSi.C7H14Cl2Si.C3H8Cl2Si/c1-4-13(11-2,12-3)10-8-6-5-7-9-10;1-10-12(3,11-2)9-7-5-4-6-8-9;1-10(2,9)8-6-4-3-5-7-8;8-10(9)6-7-4-2-1-3-5-7;1-3-6(2,4)5/h10H,4-9H2,1-3H3;9H,4-8H2,1-3H3;8H,3-7H2,1-2H3;7,10H,1-6H2;3H2,1-2H3. The molecule has 0 aromatic heterocycles. The first kappa shape index (κ1) is 53.4. The summed E-state index contributed by atoms with van der Waals surface area (Å²) in [5, 5.41) is 0. The Kier molecular flexibility index (Phi) is 30.9. The molecule has 4 rings (SSSR count). The highest BCUT2D eigenvalue weighted by atomic mass is 35.7. The van der Waals surface area contributed by atoms with Gasteiger partial charge in [0.05, 0.1) is 0 Å². The van der Waals surface area contributed by atoms with E-state index in [0.29, 0.717) is 0 Å². The van der Waals surface area contributed by atoms with Gasteiger partial charge in [-0.05, 0) is 68.4 Å². The molecule has 0 aliphatic heterocycles. The van der Waals surface area contributed by atoms with Gasteiger partial charge in [-0.1, -0.05) is 130 Å². The van der Waals surface area contributed by atoms with Crippen molar-refractivity contribution in [3.63, 3.8) is 0 Å². The van der Waals surface area contributed by atoms with Crippen molar-refractivity contribution in [2.75, 3.05) is 28.4 Å². The van der Waals surface area contributed by atoms with Crippen LogP contribution in [0.1, 0.15) is 142 Å². The van der Waals surface area contributed by atoms with Gasteiger partial charge in [-0.3, -0.25) is 0 Å². The van der Waals surface area contributed by atoms with Crippen molar-refractivity contribution < 1.29 is 17.7 Å². The van der Waals surface area contributed by atoms with Crippen molar-refractivity contribution in [2.45, 2.75) is 203 Å². The van der Waals surface area contributed by atoms with Gasteiger partial charge in [0, 0.05) is 39.5 Å². The molecule has 0 amide bonds. The third-order valence-electron chi connectivity index (χ3n) is 12.0. The first-order chi connectivity index (χ1) is 24.0. The lowest BCUT2D eigenvalue weighted by Crippen LogP contribution is -2.45. The molecule has 0 heterocycles. The van der Waals surface area contributed by atoms with Gasteiger partial charge in [0.1, 0.15) is 0 Å². The maximum atomic E-state index is 6.35. The van der Waals surface area contributed by atoms with E-state index in [1.807, 2.05) is 27.7 Å². The van der Waals surface area contributed by atoms with E-state index >= 15 is 0 Å². The molecule has 0 atom stereocenters. The summed E-state index contributed by atoms with van der Waals surface area (Å²) in [4.78, 5) is 0. The number of rotatable bonds is 11. The third-order valence-corrected chi connectivity index (χ3v) is 28.3. The van der Waals surface area contributed by atoms with Crippen molar-refractivity contribution >= 4 is 94.0 Å². The van der Waals surface area contributed by atoms with Gasteiger partial charge in [0.15, 0.2) is 7.38 Å². The summed E-state index contributed by atoms with van der Waals surface area (Å²) >= 11 is 29.2. The van der Waals surface area contributed by atoms with Crippen LogP contribution in [0.3, 0.4) is 0 Å². The van der Waals surface area contributed by atoms with Crippen molar-refractivity contribution in [1.29, 1.82) is 0 Å². The maximum Gasteiger partial charge on any atom is 0.340 e. The van der Waals surface area contributed by atoms with Crippen molar-refractivity contribution in [3.8, 4) is 0 Å². The second-order valence-corrected chi connectivity index (χ2v) is 44.1. The highest BCUT2D eigenvalue weighted by molar-refractivity contribution is 7.44. The first-order valence-electron chi connectivity index (χ1n) is 20.5. The number of hydrogen-bond donors (Lipinski definition) is 0. The van der Waals surface area contributed by atoms with Crippen LogP contribution in [0.15, 0.2) is 0 Å². The molecule has 0 aromatic carbocycles. The van der Waals surface area contributed by atoms with E-state index in [0.717, 1.165) is 40.7 Å². The molecule has 308 valence electrons. The minimum atomic E-state index is -1.82. The summed E-state index contributed by atoms with van der Waals surface area (Å²) < 4.78 is 22.5.